The van der Waals surface area contributed by atoms with Gasteiger partial charge in [-0.05, 0) is 67.7 Å². The lowest BCUT2D eigenvalue weighted by atomic mass is 10.0. The topological polar surface area (TPSA) is 12.0 Å². The van der Waals surface area contributed by atoms with E-state index in [0.717, 1.165) is 17.8 Å². The number of benzene rings is 1. The molecule has 2 saturated carbocycles. The smallest absolute Gasteiger partial charge is 0.00144 e. The van der Waals surface area contributed by atoms with E-state index in [1.54, 1.807) is 11.1 Å². The van der Waals surface area contributed by atoms with Gasteiger partial charge < -0.3 is 5.32 Å². The molecule has 0 bridgehead atoms. The van der Waals surface area contributed by atoms with Crippen molar-refractivity contribution in [2.75, 3.05) is 13.1 Å². The third-order valence-electron chi connectivity index (χ3n) is 4.14. The Kier molecular flexibility index (Phi) is 3.19. The van der Waals surface area contributed by atoms with E-state index < -0.39 is 0 Å². The van der Waals surface area contributed by atoms with Gasteiger partial charge in [0.1, 0.15) is 0 Å². The van der Waals surface area contributed by atoms with Crippen LogP contribution >= 0.6 is 0 Å². The van der Waals surface area contributed by atoms with Crippen molar-refractivity contribution in [3.8, 4) is 0 Å². The predicted molar refractivity (Wildman–Crippen MR) is 72.4 cm³/mol. The normalized spacial score (nSPS) is 27.1. The maximum atomic E-state index is 3.55. The molecule has 2 unspecified atom stereocenters. The van der Waals surface area contributed by atoms with Crippen LogP contribution in [0, 0.1) is 5.92 Å². The third kappa shape index (κ3) is 2.71. The zero-order valence-electron chi connectivity index (χ0n) is 10.8. The Balaban J connectivity index is 1.56. The summed E-state index contributed by atoms with van der Waals surface area (Å²) in [5, 5.41) is 3.55. The highest BCUT2D eigenvalue weighted by Crippen LogP contribution is 2.48. The molecule has 3 rings (SSSR count). The van der Waals surface area contributed by atoms with Gasteiger partial charge in [-0.3, -0.25) is 0 Å². The Labute approximate surface area is 105 Å². The molecule has 0 spiro atoms. The Morgan fingerprint density at radius 1 is 1.24 bits per heavy atom. The molecule has 0 radical (unpaired) electrons. The van der Waals surface area contributed by atoms with Gasteiger partial charge in [-0.15, -0.1) is 0 Å². The minimum atomic E-state index is 0.845. The molecule has 0 aromatic heterocycles. The maximum Gasteiger partial charge on any atom is -0.00144 e. The first-order chi connectivity index (χ1) is 8.38. The summed E-state index contributed by atoms with van der Waals surface area (Å²) >= 11 is 0. The SMILES string of the molecule is CCCNCC1CC1c1cccc(C2CC2)c1. The Bertz CT molecular complexity index is 381. The van der Waals surface area contributed by atoms with E-state index in [4.69, 9.17) is 0 Å². The van der Waals surface area contributed by atoms with Crippen molar-refractivity contribution >= 4 is 0 Å². The molecule has 0 aliphatic heterocycles. The summed E-state index contributed by atoms with van der Waals surface area (Å²) in [7, 11) is 0. The average Bonchev–Trinajstić information content (AvgIpc) is 3.24. The summed E-state index contributed by atoms with van der Waals surface area (Å²) in [5.41, 5.74) is 3.19. The molecule has 2 fully saturated rings. The van der Waals surface area contributed by atoms with Crippen LogP contribution in [0.2, 0.25) is 0 Å². The molecule has 1 aromatic rings. The first kappa shape index (κ1) is 11.3. The first-order valence-corrected chi connectivity index (χ1v) is 7.19. The third-order valence-corrected chi connectivity index (χ3v) is 4.14. The van der Waals surface area contributed by atoms with Gasteiger partial charge in [0.2, 0.25) is 0 Å². The van der Waals surface area contributed by atoms with Crippen molar-refractivity contribution in [2.45, 2.75) is 44.4 Å². The van der Waals surface area contributed by atoms with Crippen LogP contribution in [-0.2, 0) is 0 Å². The van der Waals surface area contributed by atoms with Crippen molar-refractivity contribution in [1.82, 2.24) is 5.32 Å². The summed E-state index contributed by atoms with van der Waals surface area (Å²) in [6, 6.07) is 9.38. The molecule has 1 aromatic carbocycles. The molecule has 1 nitrogen and oxygen atoms in total. The number of rotatable bonds is 6. The number of hydrogen-bond acceptors (Lipinski definition) is 1. The van der Waals surface area contributed by atoms with Crippen LogP contribution in [0.3, 0.4) is 0 Å². The monoisotopic (exact) mass is 229 g/mol. The highest BCUT2D eigenvalue weighted by molar-refractivity contribution is 5.34. The number of nitrogens with one attached hydrogen (secondary N) is 1. The van der Waals surface area contributed by atoms with Gasteiger partial charge in [0, 0.05) is 0 Å². The Morgan fingerprint density at radius 3 is 2.82 bits per heavy atom. The minimum Gasteiger partial charge on any atom is -0.316 e. The average molecular weight is 229 g/mol. The molecular formula is C16H23N. The van der Waals surface area contributed by atoms with E-state index in [1.807, 2.05) is 0 Å². The van der Waals surface area contributed by atoms with Crippen LogP contribution in [0.4, 0.5) is 0 Å². The second-order valence-corrected chi connectivity index (χ2v) is 5.75. The summed E-state index contributed by atoms with van der Waals surface area (Å²) < 4.78 is 0. The lowest BCUT2D eigenvalue weighted by Gasteiger charge is -2.05. The summed E-state index contributed by atoms with van der Waals surface area (Å²) in [5.74, 6) is 2.64. The van der Waals surface area contributed by atoms with E-state index in [9.17, 15) is 0 Å². The highest BCUT2D eigenvalue weighted by Gasteiger charge is 2.38. The largest absolute Gasteiger partial charge is 0.316 e. The predicted octanol–water partition coefficient (Wildman–Crippen LogP) is 3.67. The molecule has 2 aliphatic rings. The van der Waals surface area contributed by atoms with Gasteiger partial charge in [-0.25, -0.2) is 0 Å². The van der Waals surface area contributed by atoms with Crippen molar-refractivity contribution in [3.05, 3.63) is 35.4 Å². The van der Waals surface area contributed by atoms with E-state index in [0.29, 0.717) is 0 Å². The van der Waals surface area contributed by atoms with Crippen molar-refractivity contribution in [3.63, 3.8) is 0 Å². The zero-order chi connectivity index (χ0) is 11.7. The van der Waals surface area contributed by atoms with Gasteiger partial charge in [0.15, 0.2) is 0 Å². The van der Waals surface area contributed by atoms with E-state index in [-0.39, 0.29) is 0 Å². The molecule has 0 amide bonds. The van der Waals surface area contributed by atoms with Crippen LogP contribution in [0.25, 0.3) is 0 Å². The molecule has 92 valence electrons. The van der Waals surface area contributed by atoms with Crippen molar-refractivity contribution in [2.24, 2.45) is 5.92 Å². The molecule has 2 atom stereocenters. The van der Waals surface area contributed by atoms with Crippen LogP contribution in [-0.4, -0.2) is 13.1 Å². The summed E-state index contributed by atoms with van der Waals surface area (Å²) in [6.07, 6.45) is 5.46. The van der Waals surface area contributed by atoms with E-state index in [1.165, 1.54) is 38.8 Å². The molecule has 0 saturated heterocycles. The fourth-order valence-electron chi connectivity index (χ4n) is 2.81. The quantitative estimate of drug-likeness (QED) is 0.734. The van der Waals surface area contributed by atoms with E-state index in [2.05, 4.69) is 36.5 Å². The summed E-state index contributed by atoms with van der Waals surface area (Å²) in [6.45, 7) is 4.62. The van der Waals surface area contributed by atoms with Gasteiger partial charge in [0.25, 0.3) is 0 Å². The molecule has 1 N–H and O–H groups in total. The first-order valence-electron chi connectivity index (χ1n) is 7.19. The molecule has 17 heavy (non-hydrogen) atoms. The van der Waals surface area contributed by atoms with Gasteiger partial charge in [-0.2, -0.15) is 0 Å². The lowest BCUT2D eigenvalue weighted by Crippen LogP contribution is -2.17. The standard InChI is InChI=1S/C16H23N/c1-2-8-17-11-15-10-16(15)14-5-3-4-13(9-14)12-6-7-12/h3-5,9,12,15-17H,2,6-8,10-11H2,1H3. The molecule has 1 heteroatoms. The fraction of sp³-hybridized carbons (Fsp3) is 0.625. The highest BCUT2D eigenvalue weighted by atomic mass is 14.9. The maximum absolute atomic E-state index is 3.55. The second-order valence-electron chi connectivity index (χ2n) is 5.75. The summed E-state index contributed by atoms with van der Waals surface area (Å²) in [4.78, 5) is 0. The van der Waals surface area contributed by atoms with Crippen LogP contribution in [0.5, 0.6) is 0 Å². The van der Waals surface area contributed by atoms with Gasteiger partial charge in [0.05, 0.1) is 0 Å². The molecular weight excluding hydrogens is 206 g/mol. The van der Waals surface area contributed by atoms with Crippen molar-refractivity contribution < 1.29 is 0 Å². The number of hydrogen-bond donors (Lipinski definition) is 1. The Hall–Kier alpha value is -0.820. The van der Waals surface area contributed by atoms with Crippen LogP contribution in [0.1, 0.15) is 55.6 Å². The second kappa shape index (κ2) is 4.81. The van der Waals surface area contributed by atoms with Gasteiger partial charge >= 0.3 is 0 Å². The minimum absolute atomic E-state index is 0.845. The Morgan fingerprint density at radius 2 is 2.06 bits per heavy atom. The van der Waals surface area contributed by atoms with Crippen LogP contribution < -0.4 is 5.32 Å². The lowest BCUT2D eigenvalue weighted by molar-refractivity contribution is 0.620. The van der Waals surface area contributed by atoms with E-state index >= 15 is 0 Å². The van der Waals surface area contributed by atoms with Crippen molar-refractivity contribution in [1.29, 1.82) is 0 Å². The molecule has 2 aliphatic carbocycles. The molecule has 0 heterocycles. The van der Waals surface area contributed by atoms with Gasteiger partial charge in [-0.1, -0.05) is 31.2 Å². The zero-order valence-corrected chi connectivity index (χ0v) is 10.8. The van der Waals surface area contributed by atoms with Crippen LogP contribution in [0.15, 0.2) is 24.3 Å². The fourth-order valence-corrected chi connectivity index (χ4v) is 2.81.